The van der Waals surface area contributed by atoms with Crippen LogP contribution in [0.4, 0.5) is 0 Å². The van der Waals surface area contributed by atoms with E-state index in [9.17, 15) is 0 Å². The molecule has 0 aliphatic heterocycles. The number of benzene rings is 1. The Hall–Kier alpha value is -0.860. The van der Waals surface area contributed by atoms with Crippen molar-refractivity contribution in [3.8, 4) is 0 Å². The van der Waals surface area contributed by atoms with E-state index >= 15 is 0 Å². The fourth-order valence-corrected chi connectivity index (χ4v) is 4.24. The van der Waals surface area contributed by atoms with Crippen LogP contribution in [0.1, 0.15) is 38.2 Å². The van der Waals surface area contributed by atoms with E-state index in [1.807, 2.05) is 11.3 Å². The highest BCUT2D eigenvalue weighted by molar-refractivity contribution is 7.17. The van der Waals surface area contributed by atoms with Crippen LogP contribution in [0, 0.1) is 5.92 Å². The lowest BCUT2D eigenvalue weighted by Crippen LogP contribution is -2.41. The minimum absolute atomic E-state index is 0.0952. The van der Waals surface area contributed by atoms with E-state index in [4.69, 9.17) is 5.73 Å². The Morgan fingerprint density at radius 1 is 1.35 bits per heavy atom. The van der Waals surface area contributed by atoms with Crippen LogP contribution in [0.15, 0.2) is 29.6 Å². The van der Waals surface area contributed by atoms with Crippen molar-refractivity contribution in [2.24, 2.45) is 11.7 Å². The second-order valence-electron chi connectivity index (χ2n) is 5.50. The molecular formula is C15H19NS. The first-order valence-electron chi connectivity index (χ1n) is 6.45. The summed E-state index contributed by atoms with van der Waals surface area (Å²) >= 11 is 1.83. The summed E-state index contributed by atoms with van der Waals surface area (Å²) in [5, 5.41) is 3.51. The van der Waals surface area contributed by atoms with Gasteiger partial charge in [-0.25, -0.2) is 0 Å². The van der Waals surface area contributed by atoms with Crippen LogP contribution in [0.5, 0.6) is 0 Å². The van der Waals surface area contributed by atoms with E-state index in [0.29, 0.717) is 0 Å². The lowest BCUT2D eigenvalue weighted by molar-refractivity contribution is 0.241. The highest BCUT2D eigenvalue weighted by Gasteiger charge is 2.33. The zero-order chi connectivity index (χ0) is 11.9. The normalized spacial score (nSPS) is 29.6. The highest BCUT2D eigenvalue weighted by Crippen LogP contribution is 2.41. The van der Waals surface area contributed by atoms with E-state index in [2.05, 4.69) is 36.6 Å². The molecule has 0 bridgehead atoms. The van der Waals surface area contributed by atoms with Gasteiger partial charge in [0.05, 0.1) is 0 Å². The average molecular weight is 245 g/mol. The molecule has 2 aromatic rings. The van der Waals surface area contributed by atoms with Gasteiger partial charge in [-0.2, -0.15) is 0 Å². The van der Waals surface area contributed by atoms with Crippen molar-refractivity contribution in [2.75, 3.05) is 0 Å². The molecule has 1 aliphatic rings. The molecule has 90 valence electrons. The first-order chi connectivity index (χ1) is 8.19. The smallest absolute Gasteiger partial charge is 0.0426 e. The predicted molar refractivity (Wildman–Crippen MR) is 75.3 cm³/mol. The Bertz CT molecular complexity index is 530. The number of rotatable bonds is 1. The monoisotopic (exact) mass is 245 g/mol. The Morgan fingerprint density at radius 3 is 3.06 bits per heavy atom. The lowest BCUT2D eigenvalue weighted by Gasteiger charge is -2.37. The minimum atomic E-state index is -0.0952. The van der Waals surface area contributed by atoms with Gasteiger partial charge in [0.25, 0.3) is 0 Å². The zero-order valence-corrected chi connectivity index (χ0v) is 11.1. The van der Waals surface area contributed by atoms with E-state index in [-0.39, 0.29) is 5.54 Å². The SMILES string of the molecule is CC1CCCC(N)(c2cccc3ccsc23)C1. The van der Waals surface area contributed by atoms with Gasteiger partial charge in [0.2, 0.25) is 0 Å². The van der Waals surface area contributed by atoms with Crippen LogP contribution in [0.25, 0.3) is 10.1 Å². The quantitative estimate of drug-likeness (QED) is 0.798. The maximum absolute atomic E-state index is 6.70. The van der Waals surface area contributed by atoms with Crippen LogP contribution >= 0.6 is 11.3 Å². The van der Waals surface area contributed by atoms with Crippen molar-refractivity contribution in [1.29, 1.82) is 0 Å². The van der Waals surface area contributed by atoms with Gasteiger partial charge in [0.15, 0.2) is 0 Å². The van der Waals surface area contributed by atoms with Crippen molar-refractivity contribution in [2.45, 2.75) is 38.1 Å². The maximum atomic E-state index is 6.70. The Kier molecular flexibility index (Phi) is 2.72. The van der Waals surface area contributed by atoms with Gasteiger partial charge in [-0.15, -0.1) is 11.3 Å². The van der Waals surface area contributed by atoms with Gasteiger partial charge in [-0.1, -0.05) is 38.0 Å². The second kappa shape index (κ2) is 4.11. The predicted octanol–water partition coefficient (Wildman–Crippen LogP) is 4.27. The number of nitrogens with two attached hydrogens (primary N) is 1. The summed E-state index contributed by atoms with van der Waals surface area (Å²) in [4.78, 5) is 0. The van der Waals surface area contributed by atoms with Crippen molar-refractivity contribution < 1.29 is 0 Å². The minimum Gasteiger partial charge on any atom is -0.321 e. The number of hydrogen-bond donors (Lipinski definition) is 1. The molecule has 2 N–H and O–H groups in total. The summed E-state index contributed by atoms with van der Waals surface area (Å²) in [5.74, 6) is 0.754. The van der Waals surface area contributed by atoms with Crippen molar-refractivity contribution in [3.05, 3.63) is 35.2 Å². The molecule has 0 saturated heterocycles. The second-order valence-corrected chi connectivity index (χ2v) is 6.42. The average Bonchev–Trinajstić information content (AvgIpc) is 2.76. The Morgan fingerprint density at radius 2 is 2.24 bits per heavy atom. The summed E-state index contributed by atoms with van der Waals surface area (Å²) in [5.41, 5.74) is 7.98. The molecule has 1 aromatic carbocycles. The molecule has 0 amide bonds. The van der Waals surface area contributed by atoms with Crippen LogP contribution in [-0.2, 0) is 5.54 Å². The summed E-state index contributed by atoms with van der Waals surface area (Å²) in [6.07, 6.45) is 4.86. The molecule has 1 nitrogen and oxygen atoms in total. The van der Waals surface area contributed by atoms with Crippen LogP contribution in [0.3, 0.4) is 0 Å². The molecule has 1 aromatic heterocycles. The van der Waals surface area contributed by atoms with E-state index in [1.54, 1.807) is 0 Å². The van der Waals surface area contributed by atoms with Crippen molar-refractivity contribution >= 4 is 21.4 Å². The molecule has 0 spiro atoms. The van der Waals surface area contributed by atoms with E-state index in [1.165, 1.54) is 28.5 Å². The largest absolute Gasteiger partial charge is 0.321 e. The first kappa shape index (κ1) is 11.2. The molecule has 2 unspecified atom stereocenters. The molecule has 2 heteroatoms. The van der Waals surface area contributed by atoms with Crippen molar-refractivity contribution in [3.63, 3.8) is 0 Å². The summed E-state index contributed by atoms with van der Waals surface area (Å²) in [6.45, 7) is 2.33. The molecule has 1 heterocycles. The lowest BCUT2D eigenvalue weighted by atomic mass is 9.73. The number of hydrogen-bond acceptors (Lipinski definition) is 2. The van der Waals surface area contributed by atoms with Crippen molar-refractivity contribution in [1.82, 2.24) is 0 Å². The number of thiophene rings is 1. The van der Waals surface area contributed by atoms with E-state index < -0.39 is 0 Å². The third-order valence-corrected chi connectivity index (χ3v) is 5.01. The van der Waals surface area contributed by atoms with E-state index in [0.717, 1.165) is 18.8 Å². The van der Waals surface area contributed by atoms with Gasteiger partial charge in [0, 0.05) is 10.2 Å². The van der Waals surface area contributed by atoms with Gasteiger partial charge in [-0.3, -0.25) is 0 Å². The number of fused-ring (bicyclic) bond motifs is 1. The maximum Gasteiger partial charge on any atom is 0.0426 e. The molecule has 1 aliphatic carbocycles. The molecule has 3 rings (SSSR count). The fourth-order valence-electron chi connectivity index (χ4n) is 3.22. The summed E-state index contributed by atoms with van der Waals surface area (Å²) in [6, 6.07) is 8.76. The van der Waals surface area contributed by atoms with Gasteiger partial charge < -0.3 is 5.73 Å². The molecular weight excluding hydrogens is 226 g/mol. The van der Waals surface area contributed by atoms with Crippen LogP contribution in [-0.4, -0.2) is 0 Å². The van der Waals surface area contributed by atoms with Gasteiger partial charge >= 0.3 is 0 Å². The molecule has 0 radical (unpaired) electrons. The highest BCUT2D eigenvalue weighted by atomic mass is 32.1. The fraction of sp³-hybridized carbons (Fsp3) is 0.467. The Labute approximate surface area is 107 Å². The molecule has 2 atom stereocenters. The summed E-state index contributed by atoms with van der Waals surface area (Å²) in [7, 11) is 0. The van der Waals surface area contributed by atoms with Gasteiger partial charge in [0.1, 0.15) is 0 Å². The van der Waals surface area contributed by atoms with Crippen LogP contribution in [0.2, 0.25) is 0 Å². The van der Waals surface area contributed by atoms with Crippen LogP contribution < -0.4 is 5.73 Å². The topological polar surface area (TPSA) is 26.0 Å². The third kappa shape index (κ3) is 1.90. The molecule has 17 heavy (non-hydrogen) atoms. The zero-order valence-electron chi connectivity index (χ0n) is 10.3. The summed E-state index contributed by atoms with van der Waals surface area (Å²) < 4.78 is 1.39. The first-order valence-corrected chi connectivity index (χ1v) is 7.33. The van der Waals surface area contributed by atoms with Gasteiger partial charge in [-0.05, 0) is 41.2 Å². The molecule has 1 saturated carbocycles. The third-order valence-electron chi connectivity index (χ3n) is 4.05. The standard InChI is InChI=1S/C15H19NS/c1-11-4-3-8-15(16,10-11)13-6-2-5-12-7-9-17-14(12)13/h2,5-7,9,11H,3-4,8,10,16H2,1H3. The molecule has 1 fully saturated rings. The Balaban J connectivity index is 2.10.